The Morgan fingerprint density at radius 2 is 2.00 bits per heavy atom. The van der Waals surface area contributed by atoms with E-state index in [1.54, 1.807) is 6.92 Å². The number of anilines is 1. The molecule has 2 aromatic carbocycles. The predicted molar refractivity (Wildman–Crippen MR) is 89.3 cm³/mol. The number of carbonyl (C=O) groups excluding carboxylic acids is 1. The van der Waals surface area contributed by atoms with Crippen LogP contribution < -0.4 is 10.9 Å². The molecule has 0 saturated carbocycles. The Morgan fingerprint density at radius 1 is 1.24 bits per heavy atom. The maximum absolute atomic E-state index is 13.2. The van der Waals surface area contributed by atoms with Crippen LogP contribution in [0.15, 0.2) is 45.6 Å². The molecule has 0 aliphatic heterocycles. The van der Waals surface area contributed by atoms with E-state index in [1.165, 1.54) is 30.3 Å². The van der Waals surface area contributed by atoms with Gasteiger partial charge in [-0.25, -0.2) is 9.18 Å². The third kappa shape index (κ3) is 3.16. The van der Waals surface area contributed by atoms with Gasteiger partial charge in [0.1, 0.15) is 5.82 Å². The first-order valence-electron chi connectivity index (χ1n) is 7.39. The van der Waals surface area contributed by atoms with Gasteiger partial charge in [0, 0.05) is 11.1 Å². The Hall–Kier alpha value is -3.35. The van der Waals surface area contributed by atoms with Crippen LogP contribution in [0.25, 0.3) is 11.0 Å². The molecule has 1 aromatic heterocycles. The van der Waals surface area contributed by atoms with Crippen molar-refractivity contribution in [1.82, 2.24) is 0 Å². The molecule has 0 spiro atoms. The third-order valence-corrected chi connectivity index (χ3v) is 3.85. The first-order valence-corrected chi connectivity index (χ1v) is 7.39. The van der Waals surface area contributed by atoms with Crippen molar-refractivity contribution in [3.63, 3.8) is 0 Å². The van der Waals surface area contributed by atoms with E-state index in [4.69, 9.17) is 4.42 Å². The zero-order valence-corrected chi connectivity index (χ0v) is 13.2. The summed E-state index contributed by atoms with van der Waals surface area (Å²) in [4.78, 5) is 24.3. The van der Waals surface area contributed by atoms with Crippen molar-refractivity contribution in [3.8, 4) is 11.5 Å². The Balaban J connectivity index is 1.95. The summed E-state index contributed by atoms with van der Waals surface area (Å²) in [5.74, 6) is -1.95. The average molecular weight is 343 g/mol. The molecule has 3 aromatic rings. The number of nitrogens with one attached hydrogen (secondary N) is 1. The summed E-state index contributed by atoms with van der Waals surface area (Å²) < 4.78 is 18.2. The molecule has 6 nitrogen and oxygen atoms in total. The third-order valence-electron chi connectivity index (χ3n) is 3.85. The molecule has 0 atom stereocenters. The molecule has 128 valence electrons. The van der Waals surface area contributed by atoms with E-state index in [0.29, 0.717) is 10.9 Å². The van der Waals surface area contributed by atoms with Crippen LogP contribution >= 0.6 is 0 Å². The van der Waals surface area contributed by atoms with Gasteiger partial charge in [-0.1, -0.05) is 6.07 Å². The second-order valence-corrected chi connectivity index (χ2v) is 5.54. The van der Waals surface area contributed by atoms with E-state index in [0.717, 1.165) is 6.07 Å². The lowest BCUT2D eigenvalue weighted by Gasteiger charge is -2.10. The zero-order valence-electron chi connectivity index (χ0n) is 13.2. The molecule has 25 heavy (non-hydrogen) atoms. The van der Waals surface area contributed by atoms with E-state index in [2.05, 4.69) is 5.32 Å². The number of phenols is 2. The zero-order chi connectivity index (χ0) is 18.1. The predicted octanol–water partition coefficient (Wildman–Crippen LogP) is 2.83. The van der Waals surface area contributed by atoms with Crippen molar-refractivity contribution < 1.29 is 23.8 Å². The van der Waals surface area contributed by atoms with Gasteiger partial charge < -0.3 is 19.9 Å². The number of benzene rings is 2. The fraction of sp³-hybridized carbons (Fsp3) is 0.111. The Kier molecular flexibility index (Phi) is 4.14. The second kappa shape index (κ2) is 6.27. The highest BCUT2D eigenvalue weighted by Crippen LogP contribution is 2.34. The fourth-order valence-electron chi connectivity index (χ4n) is 2.57. The molecule has 3 N–H and O–H groups in total. The highest BCUT2D eigenvalue weighted by atomic mass is 19.1. The quantitative estimate of drug-likeness (QED) is 0.502. The van der Waals surface area contributed by atoms with Crippen LogP contribution in [0.3, 0.4) is 0 Å². The molecule has 7 heteroatoms. The summed E-state index contributed by atoms with van der Waals surface area (Å²) in [5, 5.41) is 22.2. The van der Waals surface area contributed by atoms with Gasteiger partial charge in [0.15, 0.2) is 11.3 Å². The van der Waals surface area contributed by atoms with Crippen LogP contribution in [0.2, 0.25) is 0 Å². The number of fused-ring (bicyclic) bond motifs is 1. The number of hydrogen-bond acceptors (Lipinski definition) is 5. The molecular formula is C18H14FNO5. The van der Waals surface area contributed by atoms with Crippen LogP contribution in [0.1, 0.15) is 11.1 Å². The van der Waals surface area contributed by atoms with Crippen LogP contribution in [-0.4, -0.2) is 16.1 Å². The lowest BCUT2D eigenvalue weighted by molar-refractivity contribution is -0.115. The number of carbonyl (C=O) groups is 1. The smallest absolute Gasteiger partial charge is 0.340 e. The maximum Gasteiger partial charge on any atom is 0.340 e. The highest BCUT2D eigenvalue weighted by molar-refractivity contribution is 5.94. The molecule has 0 saturated heterocycles. The van der Waals surface area contributed by atoms with Crippen LogP contribution in [0, 0.1) is 12.7 Å². The topological polar surface area (TPSA) is 99.8 Å². The number of aryl methyl sites for hydroxylation is 1. The minimum atomic E-state index is -0.791. The van der Waals surface area contributed by atoms with Crippen molar-refractivity contribution in [1.29, 1.82) is 0 Å². The number of aromatic hydroxyl groups is 2. The van der Waals surface area contributed by atoms with E-state index >= 15 is 0 Å². The Morgan fingerprint density at radius 3 is 2.72 bits per heavy atom. The first-order chi connectivity index (χ1) is 11.9. The molecule has 1 amide bonds. The molecule has 0 radical (unpaired) electrons. The SMILES string of the molecule is Cc1c(CC(=O)Nc2cccc(F)c2)c(=O)oc2c(O)c(O)ccc12. The molecule has 0 aliphatic carbocycles. The van der Waals surface area contributed by atoms with Crippen LogP contribution in [0.4, 0.5) is 10.1 Å². The summed E-state index contributed by atoms with van der Waals surface area (Å²) >= 11 is 0. The van der Waals surface area contributed by atoms with Gasteiger partial charge in [0.05, 0.1) is 12.0 Å². The fourth-order valence-corrected chi connectivity index (χ4v) is 2.57. The van der Waals surface area contributed by atoms with Gasteiger partial charge in [-0.05, 0) is 42.8 Å². The Bertz CT molecular complexity index is 1040. The van der Waals surface area contributed by atoms with E-state index < -0.39 is 28.8 Å². The van der Waals surface area contributed by atoms with Gasteiger partial charge in [-0.2, -0.15) is 0 Å². The average Bonchev–Trinajstić information content (AvgIpc) is 2.55. The van der Waals surface area contributed by atoms with Gasteiger partial charge in [0.2, 0.25) is 11.7 Å². The number of rotatable bonds is 3. The van der Waals surface area contributed by atoms with Crippen molar-refractivity contribution in [2.45, 2.75) is 13.3 Å². The van der Waals surface area contributed by atoms with Crippen LogP contribution in [0.5, 0.6) is 11.5 Å². The molecule has 0 fully saturated rings. The van der Waals surface area contributed by atoms with Gasteiger partial charge in [-0.3, -0.25) is 4.79 Å². The maximum atomic E-state index is 13.2. The molecular weight excluding hydrogens is 329 g/mol. The monoisotopic (exact) mass is 343 g/mol. The molecule has 3 rings (SSSR count). The summed E-state index contributed by atoms with van der Waals surface area (Å²) in [6.45, 7) is 1.61. The highest BCUT2D eigenvalue weighted by Gasteiger charge is 2.18. The first kappa shape index (κ1) is 16.5. The summed E-state index contributed by atoms with van der Waals surface area (Å²) in [6.07, 6.45) is -0.276. The number of amides is 1. The Labute approximate surface area is 141 Å². The summed E-state index contributed by atoms with van der Waals surface area (Å²) in [5.41, 5.74) is -0.0880. The molecule has 1 heterocycles. The lowest BCUT2D eigenvalue weighted by Crippen LogP contribution is -2.20. The second-order valence-electron chi connectivity index (χ2n) is 5.54. The van der Waals surface area contributed by atoms with Gasteiger partial charge in [-0.15, -0.1) is 0 Å². The number of phenolic OH excluding ortho intramolecular Hbond substituents is 2. The largest absolute Gasteiger partial charge is 0.504 e. The van der Waals surface area contributed by atoms with Gasteiger partial charge >= 0.3 is 5.63 Å². The minimum Gasteiger partial charge on any atom is -0.504 e. The molecule has 0 unspecified atom stereocenters. The summed E-state index contributed by atoms with van der Waals surface area (Å²) in [6, 6.07) is 8.14. The normalized spacial score (nSPS) is 10.8. The van der Waals surface area contributed by atoms with Gasteiger partial charge in [0.25, 0.3) is 0 Å². The number of hydrogen-bond donors (Lipinski definition) is 3. The van der Waals surface area contributed by atoms with E-state index in [9.17, 15) is 24.2 Å². The van der Waals surface area contributed by atoms with Crippen molar-refractivity contribution in [2.24, 2.45) is 0 Å². The molecule has 0 aliphatic rings. The standard InChI is InChI=1S/C18H14FNO5/c1-9-12-5-6-14(21)16(23)17(12)25-18(24)13(9)8-15(22)20-11-4-2-3-10(19)7-11/h2-7,21,23H,8H2,1H3,(H,20,22). The van der Waals surface area contributed by atoms with Crippen molar-refractivity contribution >= 4 is 22.6 Å². The van der Waals surface area contributed by atoms with Crippen LogP contribution in [-0.2, 0) is 11.2 Å². The molecule has 0 bridgehead atoms. The summed E-state index contributed by atoms with van der Waals surface area (Å²) in [7, 11) is 0. The van der Waals surface area contributed by atoms with Crippen molar-refractivity contribution in [2.75, 3.05) is 5.32 Å². The number of halogens is 1. The van der Waals surface area contributed by atoms with E-state index in [-0.39, 0.29) is 23.3 Å². The minimum absolute atomic E-state index is 0.117. The van der Waals surface area contributed by atoms with Crippen molar-refractivity contribution in [3.05, 3.63) is 63.8 Å². The lowest BCUT2D eigenvalue weighted by atomic mass is 10.0. The van der Waals surface area contributed by atoms with E-state index in [1.807, 2.05) is 0 Å².